The second-order valence-corrected chi connectivity index (χ2v) is 6.17. The van der Waals surface area contributed by atoms with Gasteiger partial charge in [-0.2, -0.15) is 4.52 Å². The molecule has 7 heteroatoms. The Balaban J connectivity index is 1.68. The summed E-state index contributed by atoms with van der Waals surface area (Å²) in [6.07, 6.45) is 7.07. The van der Waals surface area contributed by atoms with E-state index in [0.717, 1.165) is 11.4 Å². The van der Waals surface area contributed by atoms with E-state index in [1.807, 2.05) is 36.4 Å². The fourth-order valence-corrected chi connectivity index (χ4v) is 2.87. The van der Waals surface area contributed by atoms with Crippen LogP contribution in [0.25, 0.3) is 23.5 Å². The summed E-state index contributed by atoms with van der Waals surface area (Å²) in [5, 5.41) is 2.72. The maximum Gasteiger partial charge on any atom is 0.273 e. The molecule has 0 bridgehead atoms. The highest BCUT2D eigenvalue weighted by molar-refractivity contribution is 5.88. The number of rotatable bonds is 4. The number of benzene rings is 1. The number of nitrogens with one attached hydrogen (secondary N) is 1. The Hall–Kier alpha value is -4.00. The molecule has 0 radical (unpaired) electrons. The monoisotopic (exact) mass is 371 g/mol. The van der Waals surface area contributed by atoms with Crippen molar-refractivity contribution in [3.8, 4) is 5.69 Å². The van der Waals surface area contributed by atoms with Crippen LogP contribution in [0.15, 0.2) is 71.8 Å². The van der Waals surface area contributed by atoms with Crippen molar-refractivity contribution < 1.29 is 4.79 Å². The summed E-state index contributed by atoms with van der Waals surface area (Å²) < 4.78 is 3.21. The van der Waals surface area contributed by atoms with Gasteiger partial charge in [-0.25, -0.2) is 4.98 Å². The maximum atomic E-state index is 12.7. The molecule has 4 aromatic rings. The number of nitrogens with zero attached hydrogens (tertiary/aromatic N) is 4. The van der Waals surface area contributed by atoms with Crippen LogP contribution in [0.5, 0.6) is 0 Å². The summed E-state index contributed by atoms with van der Waals surface area (Å²) >= 11 is 0. The standard InChI is InChI=1S/C21H17N5O2/c1-15(27)23-17-7-9-19(10-8-17)25-13-11-20-24-18(14-21(28)26(20)25)6-5-16-4-2-3-12-22-16/h2-14H,1H3,(H,23,27). The van der Waals surface area contributed by atoms with Crippen molar-refractivity contribution in [3.05, 3.63) is 88.7 Å². The Morgan fingerprint density at radius 1 is 1.04 bits per heavy atom. The second-order valence-electron chi connectivity index (χ2n) is 6.17. The zero-order chi connectivity index (χ0) is 19.5. The van der Waals surface area contributed by atoms with Gasteiger partial charge >= 0.3 is 0 Å². The molecule has 0 spiro atoms. The number of pyridine rings is 1. The molecule has 0 aliphatic rings. The molecular formula is C21H17N5O2. The molecule has 0 saturated heterocycles. The number of anilines is 1. The molecule has 0 aliphatic carbocycles. The molecule has 3 aromatic heterocycles. The third-order valence-electron chi connectivity index (χ3n) is 4.09. The number of hydrogen-bond acceptors (Lipinski definition) is 4. The molecule has 4 rings (SSSR count). The van der Waals surface area contributed by atoms with Crippen molar-refractivity contribution in [1.82, 2.24) is 19.2 Å². The van der Waals surface area contributed by atoms with E-state index in [0.29, 0.717) is 17.0 Å². The average molecular weight is 371 g/mol. The van der Waals surface area contributed by atoms with Gasteiger partial charge in [0.15, 0.2) is 5.65 Å². The highest BCUT2D eigenvalue weighted by Crippen LogP contribution is 2.14. The first-order valence-corrected chi connectivity index (χ1v) is 8.69. The lowest BCUT2D eigenvalue weighted by atomic mass is 10.3. The summed E-state index contributed by atoms with van der Waals surface area (Å²) in [6.45, 7) is 1.46. The van der Waals surface area contributed by atoms with Gasteiger partial charge in [0.25, 0.3) is 5.56 Å². The Morgan fingerprint density at radius 2 is 1.82 bits per heavy atom. The van der Waals surface area contributed by atoms with Crippen LogP contribution in [-0.2, 0) is 4.79 Å². The van der Waals surface area contributed by atoms with Gasteiger partial charge in [-0.15, -0.1) is 0 Å². The van der Waals surface area contributed by atoms with Crippen molar-refractivity contribution in [2.24, 2.45) is 0 Å². The SMILES string of the molecule is CC(=O)Nc1ccc(-n2ccc3nc(C=Cc4ccccn4)cc(=O)n32)cc1. The molecular weight excluding hydrogens is 354 g/mol. The van der Waals surface area contributed by atoms with E-state index in [4.69, 9.17) is 0 Å². The Labute approximate surface area is 160 Å². The van der Waals surface area contributed by atoms with Gasteiger partial charge in [0, 0.05) is 37.1 Å². The van der Waals surface area contributed by atoms with Crippen LogP contribution in [0, 0.1) is 0 Å². The molecule has 0 saturated carbocycles. The van der Waals surface area contributed by atoms with Crippen LogP contribution in [0.2, 0.25) is 0 Å². The zero-order valence-corrected chi connectivity index (χ0v) is 15.1. The van der Waals surface area contributed by atoms with Gasteiger partial charge < -0.3 is 5.32 Å². The van der Waals surface area contributed by atoms with Crippen LogP contribution in [0.4, 0.5) is 5.69 Å². The lowest BCUT2D eigenvalue weighted by Gasteiger charge is -2.08. The molecule has 28 heavy (non-hydrogen) atoms. The molecule has 7 nitrogen and oxygen atoms in total. The van der Waals surface area contributed by atoms with Crippen LogP contribution in [-0.4, -0.2) is 25.1 Å². The number of aromatic nitrogens is 4. The Morgan fingerprint density at radius 3 is 2.54 bits per heavy atom. The third kappa shape index (κ3) is 3.59. The molecule has 3 heterocycles. The highest BCUT2D eigenvalue weighted by atomic mass is 16.1. The topological polar surface area (TPSA) is 81.3 Å². The third-order valence-corrected chi connectivity index (χ3v) is 4.09. The van der Waals surface area contributed by atoms with E-state index >= 15 is 0 Å². The van der Waals surface area contributed by atoms with E-state index in [9.17, 15) is 9.59 Å². The minimum atomic E-state index is -0.193. The van der Waals surface area contributed by atoms with Crippen molar-refractivity contribution in [2.75, 3.05) is 5.32 Å². The van der Waals surface area contributed by atoms with Crippen molar-refractivity contribution in [1.29, 1.82) is 0 Å². The number of carbonyl (C=O) groups is 1. The van der Waals surface area contributed by atoms with Crippen LogP contribution in [0.1, 0.15) is 18.3 Å². The summed E-state index contributed by atoms with van der Waals surface area (Å²) in [5.74, 6) is -0.133. The van der Waals surface area contributed by atoms with Crippen molar-refractivity contribution >= 4 is 29.4 Å². The first-order valence-electron chi connectivity index (χ1n) is 8.69. The van der Waals surface area contributed by atoms with Crippen LogP contribution in [0.3, 0.4) is 0 Å². The minimum Gasteiger partial charge on any atom is -0.326 e. The molecule has 1 amide bonds. The number of hydrogen-bond donors (Lipinski definition) is 1. The largest absolute Gasteiger partial charge is 0.326 e. The second kappa shape index (κ2) is 7.32. The predicted octanol–water partition coefficient (Wildman–Crippen LogP) is 3.01. The maximum absolute atomic E-state index is 12.7. The van der Waals surface area contributed by atoms with Gasteiger partial charge in [-0.3, -0.25) is 19.3 Å². The number of fused-ring (bicyclic) bond motifs is 1. The van der Waals surface area contributed by atoms with Crippen LogP contribution < -0.4 is 10.9 Å². The predicted molar refractivity (Wildman–Crippen MR) is 108 cm³/mol. The molecule has 0 atom stereocenters. The van der Waals surface area contributed by atoms with Gasteiger partial charge in [-0.05, 0) is 48.6 Å². The summed E-state index contributed by atoms with van der Waals surface area (Å²) in [5.41, 5.74) is 3.18. The fraction of sp³-hybridized carbons (Fsp3) is 0.0476. The summed E-state index contributed by atoms with van der Waals surface area (Å²) in [6, 6.07) is 16.1. The molecule has 0 fully saturated rings. The number of carbonyl (C=O) groups excluding carboxylic acids is 1. The normalized spacial score (nSPS) is 11.2. The number of amides is 1. The van der Waals surface area contributed by atoms with E-state index in [2.05, 4.69) is 15.3 Å². The molecule has 1 aromatic carbocycles. The molecule has 0 aliphatic heterocycles. The fourth-order valence-electron chi connectivity index (χ4n) is 2.87. The Kier molecular flexibility index (Phi) is 4.55. The molecule has 0 unspecified atom stereocenters. The van der Waals surface area contributed by atoms with Gasteiger partial charge in [0.2, 0.25) is 5.91 Å². The lowest BCUT2D eigenvalue weighted by molar-refractivity contribution is -0.114. The highest BCUT2D eigenvalue weighted by Gasteiger charge is 2.07. The van der Waals surface area contributed by atoms with E-state index in [1.165, 1.54) is 17.5 Å². The minimum absolute atomic E-state index is 0.133. The van der Waals surface area contributed by atoms with E-state index in [1.54, 1.807) is 41.4 Å². The van der Waals surface area contributed by atoms with E-state index < -0.39 is 0 Å². The quantitative estimate of drug-likeness (QED) is 0.598. The first kappa shape index (κ1) is 17.4. The smallest absolute Gasteiger partial charge is 0.273 e. The van der Waals surface area contributed by atoms with E-state index in [-0.39, 0.29) is 11.5 Å². The van der Waals surface area contributed by atoms with Gasteiger partial charge in [0.05, 0.1) is 17.1 Å². The van der Waals surface area contributed by atoms with Crippen LogP contribution >= 0.6 is 0 Å². The van der Waals surface area contributed by atoms with Crippen molar-refractivity contribution in [2.45, 2.75) is 6.92 Å². The van der Waals surface area contributed by atoms with Gasteiger partial charge in [0.1, 0.15) is 0 Å². The summed E-state index contributed by atoms with van der Waals surface area (Å²) in [4.78, 5) is 32.6. The summed E-state index contributed by atoms with van der Waals surface area (Å²) in [7, 11) is 0. The van der Waals surface area contributed by atoms with Gasteiger partial charge in [-0.1, -0.05) is 6.07 Å². The Bertz CT molecular complexity index is 1220. The average Bonchev–Trinajstić information content (AvgIpc) is 3.12. The lowest BCUT2D eigenvalue weighted by Crippen LogP contribution is -2.20. The molecule has 138 valence electrons. The first-order chi connectivity index (χ1) is 13.6. The zero-order valence-electron chi connectivity index (χ0n) is 15.1. The van der Waals surface area contributed by atoms with Crippen molar-refractivity contribution in [3.63, 3.8) is 0 Å². The molecule has 1 N–H and O–H groups in total.